The number of fused-ring (bicyclic) bond motifs is 4. The van der Waals surface area contributed by atoms with Gasteiger partial charge in [-0.25, -0.2) is 9.97 Å². The molecule has 0 bridgehead atoms. The molecule has 0 aliphatic carbocycles. The van der Waals surface area contributed by atoms with Crippen LogP contribution >= 0.6 is 22.7 Å². The fourth-order valence-corrected chi connectivity index (χ4v) is 7.33. The molecular weight excluding hydrogens is 591 g/mol. The lowest BCUT2D eigenvalue weighted by atomic mass is 10.0. The van der Waals surface area contributed by atoms with Gasteiger partial charge in [0, 0.05) is 39.7 Å². The van der Waals surface area contributed by atoms with Crippen LogP contribution in [0.3, 0.4) is 0 Å². The van der Waals surface area contributed by atoms with Gasteiger partial charge >= 0.3 is 0 Å². The maximum atomic E-state index is 5.03. The number of pyridine rings is 2. The third kappa shape index (κ3) is 4.44. The minimum absolute atomic E-state index is 0.933. The Kier molecular flexibility index (Phi) is 6.11. The Morgan fingerprint density at radius 1 is 0.467 bits per heavy atom. The van der Waals surface area contributed by atoms with E-state index in [1.165, 1.54) is 21.5 Å². The highest BCUT2D eigenvalue weighted by molar-refractivity contribution is 7.13. The fourth-order valence-electron chi connectivity index (χ4n) is 6.15. The number of rotatable bonds is 5. The van der Waals surface area contributed by atoms with Crippen molar-refractivity contribution in [2.75, 3.05) is 0 Å². The van der Waals surface area contributed by atoms with Crippen molar-refractivity contribution in [3.8, 4) is 49.3 Å². The molecule has 0 unspecified atom stereocenters. The Morgan fingerprint density at radius 3 is 1.58 bits per heavy atom. The van der Waals surface area contributed by atoms with E-state index in [9.17, 15) is 0 Å². The normalized spacial score (nSPS) is 11.6. The molecule has 45 heavy (non-hydrogen) atoms. The molecule has 5 aromatic heterocycles. The maximum absolute atomic E-state index is 5.03. The number of nitrogens with zero attached hydrogens (tertiary/aromatic N) is 5. The predicted octanol–water partition coefficient (Wildman–Crippen LogP) is 10.3. The van der Waals surface area contributed by atoms with Crippen LogP contribution in [0.1, 0.15) is 0 Å². The molecule has 0 radical (unpaired) electrons. The summed E-state index contributed by atoms with van der Waals surface area (Å²) in [4.78, 5) is 20.7. The molecule has 0 fully saturated rings. The average Bonchev–Trinajstić information content (AvgIpc) is 3.89. The van der Waals surface area contributed by atoms with Crippen molar-refractivity contribution in [2.24, 2.45) is 0 Å². The van der Waals surface area contributed by atoms with Crippen molar-refractivity contribution >= 4 is 55.3 Å². The van der Waals surface area contributed by atoms with E-state index in [-0.39, 0.29) is 0 Å². The van der Waals surface area contributed by atoms with E-state index in [1.54, 1.807) is 22.7 Å². The first-order chi connectivity index (χ1) is 22.3. The third-order valence-corrected chi connectivity index (χ3v) is 9.83. The van der Waals surface area contributed by atoms with Gasteiger partial charge < -0.3 is 4.57 Å². The monoisotopic (exact) mass is 613 g/mol. The summed E-state index contributed by atoms with van der Waals surface area (Å²) in [6, 6.07) is 40.9. The first kappa shape index (κ1) is 25.9. The van der Waals surface area contributed by atoms with Gasteiger partial charge in [-0.3, -0.25) is 9.97 Å². The lowest BCUT2D eigenvalue weighted by molar-refractivity contribution is 1.20. The van der Waals surface area contributed by atoms with Crippen molar-refractivity contribution in [1.29, 1.82) is 0 Å². The Balaban J connectivity index is 1.29. The van der Waals surface area contributed by atoms with Crippen LogP contribution in [0, 0.1) is 0 Å². The van der Waals surface area contributed by atoms with E-state index in [0.717, 1.165) is 60.4 Å². The zero-order valence-corrected chi connectivity index (χ0v) is 25.5. The molecule has 9 rings (SSSR count). The van der Waals surface area contributed by atoms with Crippen LogP contribution in [-0.2, 0) is 0 Å². The molecule has 5 heterocycles. The van der Waals surface area contributed by atoms with Crippen LogP contribution in [0.25, 0.3) is 81.9 Å². The highest BCUT2D eigenvalue weighted by atomic mass is 32.1. The topological polar surface area (TPSA) is 56.5 Å². The van der Waals surface area contributed by atoms with Crippen molar-refractivity contribution in [2.45, 2.75) is 0 Å². The van der Waals surface area contributed by atoms with Crippen LogP contribution < -0.4 is 0 Å². The van der Waals surface area contributed by atoms with E-state index in [0.29, 0.717) is 0 Å². The average molecular weight is 614 g/mol. The van der Waals surface area contributed by atoms with Crippen molar-refractivity contribution in [3.63, 3.8) is 0 Å². The van der Waals surface area contributed by atoms with Crippen LogP contribution in [0.4, 0.5) is 0 Å². The summed E-state index contributed by atoms with van der Waals surface area (Å²) >= 11 is 3.20. The largest absolute Gasteiger partial charge is 0.309 e. The van der Waals surface area contributed by atoms with Gasteiger partial charge in [0.1, 0.15) is 0 Å². The predicted molar refractivity (Wildman–Crippen MR) is 187 cm³/mol. The van der Waals surface area contributed by atoms with Crippen LogP contribution in [0.5, 0.6) is 0 Å². The Hall–Kier alpha value is -5.50. The molecule has 0 saturated carbocycles. The van der Waals surface area contributed by atoms with Crippen molar-refractivity contribution < 1.29 is 0 Å². The summed E-state index contributed by atoms with van der Waals surface area (Å²) in [5, 5.41) is 4.79. The first-order valence-corrected chi connectivity index (χ1v) is 16.3. The zero-order valence-electron chi connectivity index (χ0n) is 23.8. The summed E-state index contributed by atoms with van der Waals surface area (Å²) < 4.78 is 2.40. The Morgan fingerprint density at radius 2 is 1.00 bits per heavy atom. The highest BCUT2D eigenvalue weighted by Gasteiger charge is 2.17. The molecule has 0 saturated heterocycles. The number of aromatic nitrogens is 5. The smallest absolute Gasteiger partial charge is 0.0825 e. The standard InChI is InChI=1S/C38H23N5S2/c1-2-8-27-24(6-1)7-3-13-34(27)43-35-18-25(30-9-4-11-32(41-30)37-20-39-22-44-37)14-16-28(35)29-17-15-26(19-36(29)43)31-10-5-12-33(42-31)38-21-40-23-45-38/h1-23H. The molecule has 0 aliphatic heterocycles. The van der Waals surface area contributed by atoms with Crippen molar-refractivity contribution in [3.05, 3.63) is 139 Å². The van der Waals surface area contributed by atoms with Gasteiger partial charge in [-0.1, -0.05) is 72.8 Å². The Labute approximate surface area is 266 Å². The molecule has 9 aromatic rings. The van der Waals surface area contributed by atoms with Gasteiger partial charge in [-0.15, -0.1) is 22.7 Å². The molecule has 4 aromatic carbocycles. The molecule has 0 spiro atoms. The van der Waals surface area contributed by atoms with Crippen LogP contribution in [0.15, 0.2) is 139 Å². The SMILES string of the molecule is c1cc(-c2ccc3c4ccc(-c5cccc(-c6cncs6)n5)cc4n(-c4cccc5ccccc45)c3c2)nc(-c2cncs2)c1. The van der Waals surface area contributed by atoms with Crippen molar-refractivity contribution in [1.82, 2.24) is 24.5 Å². The second-order valence-electron chi connectivity index (χ2n) is 10.8. The van der Waals surface area contributed by atoms with Gasteiger partial charge in [0.25, 0.3) is 0 Å². The quantitative estimate of drug-likeness (QED) is 0.194. The van der Waals surface area contributed by atoms with E-state index in [1.807, 2.05) is 35.5 Å². The molecule has 0 atom stereocenters. The minimum atomic E-state index is 0.933. The summed E-state index contributed by atoms with van der Waals surface area (Å²) in [5.74, 6) is 0. The molecule has 7 heteroatoms. The van der Waals surface area contributed by atoms with E-state index >= 15 is 0 Å². The third-order valence-electron chi connectivity index (χ3n) is 8.23. The molecule has 0 aliphatic rings. The van der Waals surface area contributed by atoms with E-state index in [2.05, 4.69) is 118 Å². The number of hydrogen-bond donors (Lipinski definition) is 0. The summed E-state index contributed by atoms with van der Waals surface area (Å²) in [5.41, 5.74) is 13.0. The number of benzene rings is 4. The zero-order chi connectivity index (χ0) is 29.7. The molecule has 5 nitrogen and oxygen atoms in total. The lowest BCUT2D eigenvalue weighted by Crippen LogP contribution is -1.96. The molecular formula is C38H23N5S2. The lowest BCUT2D eigenvalue weighted by Gasteiger charge is -2.13. The summed E-state index contributed by atoms with van der Waals surface area (Å²) in [7, 11) is 0. The van der Waals surface area contributed by atoms with Gasteiger partial charge in [0.2, 0.25) is 0 Å². The molecule has 0 amide bonds. The van der Waals surface area contributed by atoms with Gasteiger partial charge in [0.15, 0.2) is 0 Å². The number of hydrogen-bond acceptors (Lipinski definition) is 6. The van der Waals surface area contributed by atoms with Crippen LogP contribution in [0.2, 0.25) is 0 Å². The second-order valence-corrected chi connectivity index (χ2v) is 12.6. The summed E-state index contributed by atoms with van der Waals surface area (Å²) in [6.45, 7) is 0. The number of thiazole rings is 2. The fraction of sp³-hybridized carbons (Fsp3) is 0. The van der Waals surface area contributed by atoms with Crippen LogP contribution in [-0.4, -0.2) is 24.5 Å². The molecule has 0 N–H and O–H groups in total. The summed E-state index contributed by atoms with van der Waals surface area (Å²) in [6.07, 6.45) is 3.75. The van der Waals surface area contributed by atoms with Gasteiger partial charge in [0.05, 0.1) is 60.3 Å². The minimum Gasteiger partial charge on any atom is -0.309 e. The Bertz CT molecular complexity index is 2350. The second kappa shape index (κ2) is 10.6. The molecule has 212 valence electrons. The first-order valence-electron chi connectivity index (χ1n) is 14.6. The highest BCUT2D eigenvalue weighted by Crippen LogP contribution is 2.39. The van der Waals surface area contributed by atoms with E-state index < -0.39 is 0 Å². The van der Waals surface area contributed by atoms with E-state index in [4.69, 9.17) is 9.97 Å². The van der Waals surface area contributed by atoms with Gasteiger partial charge in [-0.05, 0) is 47.9 Å². The van der Waals surface area contributed by atoms with Gasteiger partial charge in [-0.2, -0.15) is 0 Å². The maximum Gasteiger partial charge on any atom is 0.0825 e.